The predicted octanol–water partition coefficient (Wildman–Crippen LogP) is 3.71. The number of hydrogen-bond acceptors (Lipinski definition) is 5. The Kier molecular flexibility index (Phi) is 6.85. The third kappa shape index (κ3) is 5.81. The number of aromatic nitrogens is 1. The van der Waals surface area contributed by atoms with Crippen LogP contribution in [0.15, 0.2) is 34.9 Å². The zero-order valence-electron chi connectivity index (χ0n) is 16.8. The molecule has 0 unspecified atom stereocenters. The van der Waals surface area contributed by atoms with Gasteiger partial charge in [-0.25, -0.2) is 4.98 Å². The molecule has 0 bridgehead atoms. The number of carbonyl (C=O) groups is 1. The maximum Gasteiger partial charge on any atom is 0.273 e. The lowest BCUT2D eigenvalue weighted by molar-refractivity contribution is 0.0922. The first-order valence-electron chi connectivity index (χ1n) is 10.6. The molecule has 1 aromatic heterocycles. The van der Waals surface area contributed by atoms with Crippen molar-refractivity contribution in [2.75, 3.05) is 26.2 Å². The van der Waals surface area contributed by atoms with Crippen LogP contribution in [0.1, 0.15) is 54.0 Å². The number of nitrogens with one attached hydrogen (secondary N) is 1. The van der Waals surface area contributed by atoms with Gasteiger partial charge in [0.15, 0.2) is 5.69 Å². The number of hydrogen-bond donors (Lipinski definition) is 1. The highest BCUT2D eigenvalue weighted by Gasteiger charge is 2.21. The first-order chi connectivity index (χ1) is 14.2. The number of benzene rings is 1. The van der Waals surface area contributed by atoms with Gasteiger partial charge in [-0.2, -0.15) is 0 Å². The standard InChI is InChI=1S/C22H29ClN4O2/c23-18-8-6-17(7-9-18)14-26-10-12-27(13-11-26)15-21-25-20(16-29-21)22(28)24-19-4-2-1-3-5-19/h6-9,16,19H,1-5,10-15H2,(H,24,28). The number of rotatable bonds is 6. The van der Waals surface area contributed by atoms with Crippen molar-refractivity contribution in [3.63, 3.8) is 0 Å². The summed E-state index contributed by atoms with van der Waals surface area (Å²) in [5.74, 6) is 0.504. The average molecular weight is 417 g/mol. The van der Waals surface area contributed by atoms with Crippen molar-refractivity contribution in [3.05, 3.63) is 52.7 Å². The molecule has 1 aromatic carbocycles. The van der Waals surface area contributed by atoms with Crippen molar-refractivity contribution in [1.82, 2.24) is 20.1 Å². The second-order valence-electron chi connectivity index (χ2n) is 8.11. The van der Waals surface area contributed by atoms with Crippen LogP contribution < -0.4 is 5.32 Å². The number of halogens is 1. The predicted molar refractivity (Wildman–Crippen MR) is 113 cm³/mol. The molecule has 2 fully saturated rings. The molecule has 156 valence electrons. The highest BCUT2D eigenvalue weighted by molar-refractivity contribution is 6.30. The van der Waals surface area contributed by atoms with Gasteiger partial charge in [0.25, 0.3) is 5.91 Å². The third-order valence-corrected chi connectivity index (χ3v) is 6.12. The smallest absolute Gasteiger partial charge is 0.273 e. The topological polar surface area (TPSA) is 61.6 Å². The fourth-order valence-electron chi connectivity index (χ4n) is 4.14. The number of carbonyl (C=O) groups excluding carboxylic acids is 1. The summed E-state index contributed by atoms with van der Waals surface area (Å²) in [6.45, 7) is 5.50. The van der Waals surface area contributed by atoms with Crippen molar-refractivity contribution in [3.8, 4) is 0 Å². The van der Waals surface area contributed by atoms with E-state index in [2.05, 4.69) is 32.2 Å². The van der Waals surface area contributed by atoms with Gasteiger partial charge in [0.1, 0.15) is 6.26 Å². The van der Waals surface area contributed by atoms with E-state index in [0.29, 0.717) is 18.1 Å². The van der Waals surface area contributed by atoms with Crippen molar-refractivity contribution in [1.29, 1.82) is 0 Å². The van der Waals surface area contributed by atoms with Crippen LogP contribution in [-0.4, -0.2) is 52.9 Å². The van der Waals surface area contributed by atoms with Gasteiger partial charge in [0, 0.05) is 43.8 Å². The van der Waals surface area contributed by atoms with E-state index in [0.717, 1.165) is 50.6 Å². The van der Waals surface area contributed by atoms with Gasteiger partial charge in [0.2, 0.25) is 5.89 Å². The van der Waals surface area contributed by atoms with Crippen LogP contribution in [0.25, 0.3) is 0 Å². The van der Waals surface area contributed by atoms with Gasteiger partial charge >= 0.3 is 0 Å². The van der Waals surface area contributed by atoms with Crippen LogP contribution in [0.3, 0.4) is 0 Å². The van der Waals surface area contributed by atoms with Gasteiger partial charge < -0.3 is 9.73 Å². The van der Waals surface area contributed by atoms with Gasteiger partial charge in [0.05, 0.1) is 6.54 Å². The van der Waals surface area contributed by atoms with E-state index in [-0.39, 0.29) is 11.9 Å². The van der Waals surface area contributed by atoms with E-state index in [1.165, 1.54) is 31.1 Å². The zero-order chi connectivity index (χ0) is 20.1. The van der Waals surface area contributed by atoms with E-state index in [1.807, 2.05) is 12.1 Å². The minimum absolute atomic E-state index is 0.111. The van der Waals surface area contributed by atoms with Gasteiger partial charge in [-0.15, -0.1) is 0 Å². The Labute approximate surface area is 177 Å². The summed E-state index contributed by atoms with van der Waals surface area (Å²) in [5.41, 5.74) is 1.68. The number of oxazole rings is 1. The lowest BCUT2D eigenvalue weighted by atomic mass is 9.95. The highest BCUT2D eigenvalue weighted by atomic mass is 35.5. The van der Waals surface area contributed by atoms with E-state index >= 15 is 0 Å². The summed E-state index contributed by atoms with van der Waals surface area (Å²) in [4.78, 5) is 21.6. The molecule has 0 spiro atoms. The van der Waals surface area contributed by atoms with Crippen LogP contribution in [-0.2, 0) is 13.1 Å². The molecular formula is C22H29ClN4O2. The van der Waals surface area contributed by atoms with Gasteiger partial charge in [-0.05, 0) is 30.5 Å². The summed E-state index contributed by atoms with van der Waals surface area (Å²) >= 11 is 5.96. The number of piperazine rings is 1. The monoisotopic (exact) mass is 416 g/mol. The largest absolute Gasteiger partial charge is 0.447 e. The molecule has 2 heterocycles. The molecule has 1 N–H and O–H groups in total. The molecule has 1 saturated carbocycles. The maximum atomic E-state index is 12.4. The number of amides is 1. The zero-order valence-corrected chi connectivity index (χ0v) is 17.5. The SMILES string of the molecule is O=C(NC1CCCCC1)c1coc(CN2CCN(Cc3ccc(Cl)cc3)CC2)n1. The van der Waals surface area contributed by atoms with E-state index in [4.69, 9.17) is 16.0 Å². The fraction of sp³-hybridized carbons (Fsp3) is 0.545. The lowest BCUT2D eigenvalue weighted by Gasteiger charge is -2.34. The van der Waals surface area contributed by atoms with Crippen LogP contribution >= 0.6 is 11.6 Å². The summed E-state index contributed by atoms with van der Waals surface area (Å²) in [6, 6.07) is 8.34. The normalized spacial score (nSPS) is 19.3. The summed E-state index contributed by atoms with van der Waals surface area (Å²) in [7, 11) is 0. The quantitative estimate of drug-likeness (QED) is 0.777. The van der Waals surface area contributed by atoms with Crippen molar-refractivity contribution >= 4 is 17.5 Å². The van der Waals surface area contributed by atoms with E-state index in [9.17, 15) is 4.79 Å². The molecule has 2 aromatic rings. The van der Waals surface area contributed by atoms with Crippen molar-refractivity contribution in [2.45, 2.75) is 51.2 Å². The minimum Gasteiger partial charge on any atom is -0.447 e. The molecule has 6 nitrogen and oxygen atoms in total. The molecule has 1 aliphatic heterocycles. The van der Waals surface area contributed by atoms with E-state index in [1.54, 1.807) is 0 Å². The fourth-order valence-corrected chi connectivity index (χ4v) is 4.26. The van der Waals surface area contributed by atoms with Gasteiger partial charge in [-0.1, -0.05) is 43.0 Å². The third-order valence-electron chi connectivity index (χ3n) is 5.87. The summed E-state index contributed by atoms with van der Waals surface area (Å²) in [5, 5.41) is 3.87. The van der Waals surface area contributed by atoms with Crippen molar-refractivity contribution in [2.24, 2.45) is 0 Å². The second-order valence-corrected chi connectivity index (χ2v) is 8.55. The molecule has 7 heteroatoms. The first kappa shape index (κ1) is 20.4. The molecule has 1 aliphatic carbocycles. The Balaban J connectivity index is 1.22. The summed E-state index contributed by atoms with van der Waals surface area (Å²) < 4.78 is 5.57. The molecule has 1 saturated heterocycles. The van der Waals surface area contributed by atoms with E-state index < -0.39 is 0 Å². The number of nitrogens with zero attached hydrogens (tertiary/aromatic N) is 3. The van der Waals surface area contributed by atoms with Crippen LogP contribution in [0.2, 0.25) is 5.02 Å². The Bertz CT molecular complexity index is 793. The Morgan fingerprint density at radius 3 is 2.38 bits per heavy atom. The maximum absolute atomic E-state index is 12.4. The molecular weight excluding hydrogens is 388 g/mol. The van der Waals surface area contributed by atoms with Crippen LogP contribution in [0.4, 0.5) is 0 Å². The molecule has 1 amide bonds. The molecule has 29 heavy (non-hydrogen) atoms. The van der Waals surface area contributed by atoms with Crippen molar-refractivity contribution < 1.29 is 9.21 Å². The molecule has 0 atom stereocenters. The lowest BCUT2D eigenvalue weighted by Crippen LogP contribution is -2.45. The molecule has 0 radical (unpaired) electrons. The Morgan fingerprint density at radius 1 is 1.03 bits per heavy atom. The van der Waals surface area contributed by atoms with Crippen LogP contribution in [0, 0.1) is 0 Å². The molecule has 4 rings (SSSR count). The second kappa shape index (κ2) is 9.74. The Hall–Kier alpha value is -1.89. The Morgan fingerprint density at radius 2 is 1.69 bits per heavy atom. The minimum atomic E-state index is -0.111. The van der Waals surface area contributed by atoms with Gasteiger partial charge in [-0.3, -0.25) is 14.6 Å². The average Bonchev–Trinajstić information content (AvgIpc) is 3.21. The first-order valence-corrected chi connectivity index (χ1v) is 11.0. The highest BCUT2D eigenvalue weighted by Crippen LogP contribution is 2.18. The molecule has 2 aliphatic rings. The van der Waals surface area contributed by atoms with Crippen LogP contribution in [0.5, 0.6) is 0 Å². The summed E-state index contributed by atoms with van der Waals surface area (Å²) in [6.07, 6.45) is 7.28.